The predicted octanol–water partition coefficient (Wildman–Crippen LogP) is 3.66. The van der Waals surface area contributed by atoms with E-state index in [-0.39, 0.29) is 28.6 Å². The molecule has 2 heterocycles. The lowest BCUT2D eigenvalue weighted by atomic mass is 9.92. The number of nitrogens with zero attached hydrogens (tertiary/aromatic N) is 4. The number of nitrogens with one attached hydrogen (secondary N) is 1. The van der Waals surface area contributed by atoms with Crippen LogP contribution in [-0.2, 0) is 17.3 Å². The molecule has 3 atom stereocenters. The van der Waals surface area contributed by atoms with Gasteiger partial charge in [0.15, 0.2) is 0 Å². The number of carbonyl (C=O) groups excluding carboxylic acids is 1. The third-order valence-corrected chi connectivity index (χ3v) is 7.17. The largest absolute Gasteiger partial charge is 0.310 e. The average molecular weight is 383 g/mol. The van der Waals surface area contributed by atoms with E-state index in [9.17, 15) is 10.1 Å². The zero-order chi connectivity index (χ0) is 19.8. The first-order chi connectivity index (χ1) is 14.0. The van der Waals surface area contributed by atoms with E-state index in [0.717, 1.165) is 47.6 Å². The van der Waals surface area contributed by atoms with Crippen LogP contribution < -0.4 is 5.32 Å². The number of aromatic nitrogens is 3. The molecule has 3 fully saturated rings. The molecule has 2 aromatic heterocycles. The Hall–Kier alpha value is -3.20. The molecule has 1 spiro atoms. The van der Waals surface area contributed by atoms with E-state index < -0.39 is 0 Å². The molecule has 1 amide bonds. The lowest BCUT2D eigenvalue weighted by Crippen LogP contribution is -2.15. The van der Waals surface area contributed by atoms with Crippen molar-refractivity contribution in [3.05, 3.63) is 54.0 Å². The fourth-order valence-electron chi connectivity index (χ4n) is 5.03. The predicted molar refractivity (Wildman–Crippen MR) is 108 cm³/mol. The average Bonchev–Trinajstić information content (AvgIpc) is 3.67. The van der Waals surface area contributed by atoms with Crippen LogP contribution >= 0.6 is 0 Å². The van der Waals surface area contributed by atoms with E-state index in [1.807, 2.05) is 31.6 Å². The molecule has 0 unspecified atom stereocenters. The van der Waals surface area contributed by atoms with Crippen molar-refractivity contribution in [2.24, 2.45) is 18.4 Å². The van der Waals surface area contributed by atoms with Gasteiger partial charge in [0.25, 0.3) is 0 Å². The number of anilines is 1. The summed E-state index contributed by atoms with van der Waals surface area (Å²) in [5, 5.41) is 19.0. The molecule has 0 bridgehead atoms. The second kappa shape index (κ2) is 5.44. The summed E-state index contributed by atoms with van der Waals surface area (Å²) in [7, 11) is 1.89. The molecule has 6 nitrogen and oxygen atoms in total. The molecule has 0 aliphatic heterocycles. The van der Waals surface area contributed by atoms with Crippen molar-refractivity contribution in [2.75, 3.05) is 5.32 Å². The summed E-state index contributed by atoms with van der Waals surface area (Å²) in [6.07, 6.45) is 9.76. The first-order valence-corrected chi connectivity index (χ1v) is 10.1. The number of carbonyl (C=O) groups is 1. The van der Waals surface area contributed by atoms with Crippen LogP contribution in [-0.4, -0.2) is 20.7 Å². The molecule has 144 valence electrons. The van der Waals surface area contributed by atoms with Gasteiger partial charge in [-0.3, -0.25) is 9.48 Å². The topological polar surface area (TPSA) is 83.6 Å². The number of pyridine rings is 1. The standard InChI is InChI=1S/C23H21N5O/c1-28-11-16(10-26-28)18-8-19(18)21(29)27-20-7-15-6-17(3-2-14(15)9-25-20)23(13-24)12-22(23)4-5-22/h2-3,6-7,9-11,18-19H,4-5,8,12H2,1H3,(H,25,27,29)/t18-,19+,23+/m0/s1. The Labute approximate surface area is 168 Å². The summed E-state index contributed by atoms with van der Waals surface area (Å²) < 4.78 is 1.77. The monoisotopic (exact) mass is 383 g/mol. The zero-order valence-corrected chi connectivity index (χ0v) is 16.2. The maximum Gasteiger partial charge on any atom is 0.229 e. The number of hydrogen-bond acceptors (Lipinski definition) is 4. The Kier molecular flexibility index (Phi) is 3.14. The van der Waals surface area contributed by atoms with E-state index in [1.165, 1.54) is 0 Å². The Bertz CT molecular complexity index is 1220. The molecule has 0 saturated heterocycles. The highest BCUT2D eigenvalue weighted by atomic mass is 16.2. The van der Waals surface area contributed by atoms with Crippen molar-refractivity contribution in [2.45, 2.75) is 37.0 Å². The Morgan fingerprint density at radius 3 is 2.83 bits per heavy atom. The van der Waals surface area contributed by atoms with Crippen LogP contribution in [0.15, 0.2) is 42.9 Å². The Morgan fingerprint density at radius 2 is 2.14 bits per heavy atom. The quantitative estimate of drug-likeness (QED) is 0.745. The van der Waals surface area contributed by atoms with E-state index in [0.29, 0.717) is 5.82 Å². The molecule has 6 heteroatoms. The molecule has 3 aliphatic carbocycles. The first-order valence-electron chi connectivity index (χ1n) is 10.1. The maximum atomic E-state index is 12.7. The van der Waals surface area contributed by atoms with Gasteiger partial charge in [-0.1, -0.05) is 12.1 Å². The second-order valence-electron chi connectivity index (χ2n) is 8.99. The van der Waals surface area contributed by atoms with Crippen LogP contribution in [0.2, 0.25) is 0 Å². The third kappa shape index (κ3) is 2.43. The SMILES string of the molecule is Cn1cc([C@@H]2C[C@H]2C(=O)Nc2cc3cc([C@]4(C#N)CC45CC5)ccc3cn2)cn1. The summed E-state index contributed by atoms with van der Waals surface area (Å²) in [6.45, 7) is 0. The molecular formula is C23H21N5O. The molecule has 3 saturated carbocycles. The van der Waals surface area contributed by atoms with Crippen LogP contribution in [0.1, 0.15) is 42.7 Å². The van der Waals surface area contributed by atoms with E-state index in [2.05, 4.69) is 33.6 Å². The van der Waals surface area contributed by atoms with Crippen molar-refractivity contribution >= 4 is 22.5 Å². The number of fused-ring (bicyclic) bond motifs is 1. The normalized spacial score (nSPS) is 28.1. The van der Waals surface area contributed by atoms with Crippen LogP contribution in [0.3, 0.4) is 0 Å². The van der Waals surface area contributed by atoms with Gasteiger partial charge in [-0.2, -0.15) is 10.4 Å². The minimum Gasteiger partial charge on any atom is -0.310 e. The van der Waals surface area contributed by atoms with Gasteiger partial charge in [-0.15, -0.1) is 0 Å². The van der Waals surface area contributed by atoms with Gasteiger partial charge in [-0.25, -0.2) is 4.98 Å². The van der Waals surface area contributed by atoms with Gasteiger partial charge in [0, 0.05) is 30.7 Å². The highest BCUT2D eigenvalue weighted by Gasteiger charge is 2.75. The first kappa shape index (κ1) is 16.7. The van der Waals surface area contributed by atoms with Crippen LogP contribution in [0, 0.1) is 22.7 Å². The molecule has 3 aliphatic rings. The molecule has 0 radical (unpaired) electrons. The van der Waals surface area contributed by atoms with E-state index >= 15 is 0 Å². The highest BCUT2D eigenvalue weighted by molar-refractivity contribution is 5.96. The van der Waals surface area contributed by atoms with E-state index in [4.69, 9.17) is 0 Å². The van der Waals surface area contributed by atoms with Crippen molar-refractivity contribution in [3.63, 3.8) is 0 Å². The summed E-state index contributed by atoms with van der Waals surface area (Å²) in [4.78, 5) is 17.1. The molecule has 3 aromatic rings. The van der Waals surface area contributed by atoms with E-state index in [1.54, 1.807) is 10.9 Å². The van der Waals surface area contributed by atoms with Crippen molar-refractivity contribution < 1.29 is 4.79 Å². The molecule has 1 N–H and O–H groups in total. The fourth-order valence-corrected chi connectivity index (χ4v) is 5.03. The second-order valence-corrected chi connectivity index (χ2v) is 8.99. The molecule has 29 heavy (non-hydrogen) atoms. The Balaban J connectivity index is 1.23. The van der Waals surface area contributed by atoms with Crippen LogP contribution in [0.5, 0.6) is 0 Å². The van der Waals surface area contributed by atoms with Crippen LogP contribution in [0.4, 0.5) is 5.82 Å². The van der Waals surface area contributed by atoms with Crippen molar-refractivity contribution in [1.29, 1.82) is 5.26 Å². The van der Waals surface area contributed by atoms with Gasteiger partial charge in [0.05, 0.1) is 17.7 Å². The number of benzene rings is 1. The minimum absolute atomic E-state index is 0.00878. The zero-order valence-electron chi connectivity index (χ0n) is 16.2. The number of hydrogen-bond donors (Lipinski definition) is 1. The number of amides is 1. The summed E-state index contributed by atoms with van der Waals surface area (Å²) in [5.41, 5.74) is 2.15. The molecular weight excluding hydrogens is 362 g/mol. The lowest BCUT2D eigenvalue weighted by Gasteiger charge is -2.11. The summed E-state index contributed by atoms with van der Waals surface area (Å²) in [5.74, 6) is 0.802. The smallest absolute Gasteiger partial charge is 0.229 e. The van der Waals surface area contributed by atoms with Crippen molar-refractivity contribution in [1.82, 2.24) is 14.8 Å². The molecule has 1 aromatic carbocycles. The summed E-state index contributed by atoms with van der Waals surface area (Å²) >= 11 is 0. The van der Waals surface area contributed by atoms with Gasteiger partial charge < -0.3 is 5.32 Å². The number of aryl methyl sites for hydroxylation is 1. The lowest BCUT2D eigenvalue weighted by molar-refractivity contribution is -0.117. The maximum absolute atomic E-state index is 12.7. The third-order valence-electron chi connectivity index (χ3n) is 7.17. The number of rotatable bonds is 4. The van der Waals surface area contributed by atoms with Gasteiger partial charge >= 0.3 is 0 Å². The van der Waals surface area contributed by atoms with Crippen LogP contribution in [0.25, 0.3) is 10.8 Å². The van der Waals surface area contributed by atoms with Gasteiger partial charge in [-0.05, 0) is 65.7 Å². The summed E-state index contributed by atoms with van der Waals surface area (Å²) in [6, 6.07) is 10.7. The minimum atomic E-state index is -0.307. The highest BCUT2D eigenvalue weighted by Crippen LogP contribution is 2.78. The Morgan fingerprint density at radius 1 is 1.28 bits per heavy atom. The molecule has 6 rings (SSSR count). The number of nitriles is 1. The van der Waals surface area contributed by atoms with Crippen molar-refractivity contribution in [3.8, 4) is 6.07 Å². The van der Waals surface area contributed by atoms with Gasteiger partial charge in [0.1, 0.15) is 5.82 Å². The fraction of sp³-hybridized carbons (Fsp3) is 0.391. The van der Waals surface area contributed by atoms with Gasteiger partial charge in [0.2, 0.25) is 5.91 Å².